The Morgan fingerprint density at radius 3 is 2.42 bits per heavy atom. The number of pyridine rings is 1. The average molecular weight is 230 g/mol. The van der Waals surface area contributed by atoms with E-state index in [2.05, 4.69) is 20.9 Å². The molecule has 0 fully saturated rings. The molecule has 0 amide bonds. The van der Waals surface area contributed by atoms with Crippen molar-refractivity contribution in [1.29, 1.82) is 5.41 Å². The Bertz CT molecular complexity index is 260. The van der Waals surface area contributed by atoms with Crippen molar-refractivity contribution in [1.82, 2.24) is 4.98 Å². The minimum absolute atomic E-state index is 0.0359. The molecule has 1 aromatic rings. The number of halogens is 1. The van der Waals surface area contributed by atoms with Gasteiger partial charge in [-0.2, -0.15) is 0 Å². The molecule has 0 saturated carbocycles. The first kappa shape index (κ1) is 11.1. The van der Waals surface area contributed by atoms with Gasteiger partial charge in [-0.15, -0.1) is 0 Å². The number of nitrogens with zero attached hydrogens (tertiary/aromatic N) is 1. The average Bonchev–Trinajstić information content (AvgIpc) is 2.08. The maximum Gasteiger partial charge on any atom is 0.124 e. The number of nitrogen functional groups attached to an aromatic ring is 1. The number of rotatable bonds is 1. The van der Waals surface area contributed by atoms with Crippen LogP contribution in [0.15, 0.2) is 22.9 Å². The number of amidine groups is 1. The minimum atomic E-state index is 0.0359. The Hall–Kier alpha value is -0.900. The van der Waals surface area contributed by atoms with Gasteiger partial charge in [-0.05, 0) is 22.0 Å². The molecule has 0 radical (unpaired) electrons. The lowest BCUT2D eigenvalue weighted by molar-refractivity contribution is 1.28. The quantitative estimate of drug-likeness (QED) is 0.573. The van der Waals surface area contributed by atoms with Crippen LogP contribution in [0, 0.1) is 5.41 Å². The summed E-state index contributed by atoms with van der Waals surface area (Å²) in [5.74, 6) is 0.0359. The van der Waals surface area contributed by atoms with E-state index in [4.69, 9.17) is 11.1 Å². The van der Waals surface area contributed by atoms with E-state index >= 15 is 0 Å². The number of hydrogen-bond donors (Lipinski definition) is 2. The van der Waals surface area contributed by atoms with Crippen LogP contribution >= 0.6 is 15.9 Å². The van der Waals surface area contributed by atoms with Crippen molar-refractivity contribution >= 4 is 21.8 Å². The molecule has 1 rings (SSSR count). The van der Waals surface area contributed by atoms with Crippen LogP contribution in [0.2, 0.25) is 0 Å². The molecular formula is C8H12BrN3. The van der Waals surface area contributed by atoms with Crippen molar-refractivity contribution in [3.63, 3.8) is 0 Å². The van der Waals surface area contributed by atoms with Gasteiger partial charge in [0.25, 0.3) is 0 Å². The lowest BCUT2D eigenvalue weighted by Crippen LogP contribution is -2.10. The van der Waals surface area contributed by atoms with Gasteiger partial charge < -0.3 is 5.73 Å². The minimum Gasteiger partial charge on any atom is -0.384 e. The molecule has 12 heavy (non-hydrogen) atoms. The van der Waals surface area contributed by atoms with E-state index in [1.165, 1.54) is 0 Å². The number of nitrogens with two attached hydrogens (primary N) is 1. The van der Waals surface area contributed by atoms with Crippen LogP contribution in [0.25, 0.3) is 0 Å². The molecule has 0 saturated heterocycles. The van der Waals surface area contributed by atoms with Gasteiger partial charge in [0, 0.05) is 22.4 Å². The van der Waals surface area contributed by atoms with Crippen molar-refractivity contribution in [2.45, 2.75) is 13.8 Å². The van der Waals surface area contributed by atoms with Crippen molar-refractivity contribution in [3.8, 4) is 0 Å². The Kier molecular flexibility index (Phi) is 5.28. The molecule has 4 heteroatoms. The lowest BCUT2D eigenvalue weighted by atomic mass is 10.3. The highest BCUT2D eigenvalue weighted by atomic mass is 79.9. The fourth-order valence-electron chi connectivity index (χ4n) is 0.559. The summed E-state index contributed by atoms with van der Waals surface area (Å²) in [6.45, 7) is 4.00. The van der Waals surface area contributed by atoms with Gasteiger partial charge >= 0.3 is 0 Å². The third-order valence-corrected chi connectivity index (χ3v) is 1.45. The van der Waals surface area contributed by atoms with Gasteiger partial charge in [-0.1, -0.05) is 13.8 Å². The molecule has 0 aliphatic heterocycles. The van der Waals surface area contributed by atoms with Gasteiger partial charge in [0.15, 0.2) is 0 Å². The van der Waals surface area contributed by atoms with Gasteiger partial charge in [-0.3, -0.25) is 10.4 Å². The molecule has 0 bridgehead atoms. The smallest absolute Gasteiger partial charge is 0.124 e. The predicted molar refractivity (Wildman–Crippen MR) is 54.3 cm³/mol. The molecule has 1 heterocycles. The second kappa shape index (κ2) is 5.71. The fourth-order valence-corrected chi connectivity index (χ4v) is 0.924. The van der Waals surface area contributed by atoms with Gasteiger partial charge in [0.05, 0.1) is 0 Å². The summed E-state index contributed by atoms with van der Waals surface area (Å²) in [4.78, 5) is 3.84. The summed E-state index contributed by atoms with van der Waals surface area (Å²) in [5.41, 5.74) is 5.84. The summed E-state index contributed by atoms with van der Waals surface area (Å²) >= 11 is 3.22. The Morgan fingerprint density at radius 1 is 1.50 bits per heavy atom. The fraction of sp³-hybridized carbons (Fsp3) is 0.250. The third kappa shape index (κ3) is 3.48. The van der Waals surface area contributed by atoms with E-state index in [0.29, 0.717) is 5.56 Å². The molecular weight excluding hydrogens is 218 g/mol. The van der Waals surface area contributed by atoms with E-state index < -0.39 is 0 Å². The van der Waals surface area contributed by atoms with Crippen molar-refractivity contribution < 1.29 is 0 Å². The van der Waals surface area contributed by atoms with Crippen LogP contribution in [-0.4, -0.2) is 10.8 Å². The topological polar surface area (TPSA) is 62.8 Å². The van der Waals surface area contributed by atoms with Crippen LogP contribution in [0.3, 0.4) is 0 Å². The van der Waals surface area contributed by atoms with E-state index in [1.807, 2.05) is 13.8 Å². The molecule has 0 atom stereocenters. The molecule has 0 aliphatic carbocycles. The van der Waals surface area contributed by atoms with Crippen LogP contribution in [-0.2, 0) is 0 Å². The first-order chi connectivity index (χ1) is 5.70. The molecule has 0 unspecified atom stereocenters. The molecule has 0 aliphatic rings. The van der Waals surface area contributed by atoms with Crippen LogP contribution in [0.1, 0.15) is 19.4 Å². The van der Waals surface area contributed by atoms with Crippen molar-refractivity contribution in [2.24, 2.45) is 5.73 Å². The summed E-state index contributed by atoms with van der Waals surface area (Å²) in [5, 5.41) is 7.05. The summed E-state index contributed by atoms with van der Waals surface area (Å²) in [7, 11) is 0. The van der Waals surface area contributed by atoms with E-state index in [1.54, 1.807) is 18.5 Å². The third-order valence-electron chi connectivity index (χ3n) is 1.02. The van der Waals surface area contributed by atoms with E-state index in [-0.39, 0.29) is 5.84 Å². The summed E-state index contributed by atoms with van der Waals surface area (Å²) in [6.07, 6.45) is 3.19. The summed E-state index contributed by atoms with van der Waals surface area (Å²) in [6, 6.07) is 1.75. The first-order valence-electron chi connectivity index (χ1n) is 3.65. The molecule has 3 nitrogen and oxygen atoms in total. The zero-order valence-corrected chi connectivity index (χ0v) is 8.72. The van der Waals surface area contributed by atoms with E-state index in [0.717, 1.165) is 4.47 Å². The normalized spacial score (nSPS) is 8.25. The highest BCUT2D eigenvalue weighted by molar-refractivity contribution is 9.10. The molecule has 3 N–H and O–H groups in total. The molecule has 66 valence electrons. The predicted octanol–water partition coefficient (Wildman–Crippen LogP) is 2.15. The SMILES string of the molecule is CC.N=C(N)c1cncc(Br)c1. The highest BCUT2D eigenvalue weighted by Crippen LogP contribution is 2.08. The second-order valence-corrected chi connectivity index (χ2v) is 2.72. The van der Waals surface area contributed by atoms with Crippen molar-refractivity contribution in [2.75, 3.05) is 0 Å². The number of hydrogen-bond acceptors (Lipinski definition) is 2. The second-order valence-electron chi connectivity index (χ2n) is 1.81. The lowest BCUT2D eigenvalue weighted by Gasteiger charge is -1.95. The zero-order valence-electron chi connectivity index (χ0n) is 7.13. The largest absolute Gasteiger partial charge is 0.384 e. The summed E-state index contributed by atoms with van der Waals surface area (Å²) < 4.78 is 0.834. The van der Waals surface area contributed by atoms with Gasteiger partial charge in [0.1, 0.15) is 5.84 Å². The molecule has 0 spiro atoms. The number of aromatic nitrogens is 1. The highest BCUT2D eigenvalue weighted by Gasteiger charge is 1.95. The van der Waals surface area contributed by atoms with Crippen LogP contribution in [0.5, 0.6) is 0 Å². The zero-order chi connectivity index (χ0) is 9.56. The molecule has 1 aromatic heterocycles. The molecule has 0 aromatic carbocycles. The van der Waals surface area contributed by atoms with E-state index in [9.17, 15) is 0 Å². The standard InChI is InChI=1S/C6H6BrN3.C2H6/c7-5-1-4(6(8)9)2-10-3-5;1-2/h1-3H,(H3,8,9);1-2H3. The first-order valence-corrected chi connectivity index (χ1v) is 4.44. The van der Waals surface area contributed by atoms with Gasteiger partial charge in [0.2, 0.25) is 0 Å². The maximum atomic E-state index is 7.05. The van der Waals surface area contributed by atoms with Gasteiger partial charge in [-0.25, -0.2) is 0 Å². The Balaban J connectivity index is 0.000000561. The Morgan fingerprint density at radius 2 is 2.08 bits per heavy atom. The maximum absolute atomic E-state index is 7.05. The van der Waals surface area contributed by atoms with Crippen molar-refractivity contribution in [3.05, 3.63) is 28.5 Å². The Labute approximate surface area is 80.6 Å². The van der Waals surface area contributed by atoms with Crippen LogP contribution < -0.4 is 5.73 Å². The monoisotopic (exact) mass is 229 g/mol. The number of nitrogens with one attached hydrogen (secondary N) is 1. The van der Waals surface area contributed by atoms with Crippen LogP contribution in [0.4, 0.5) is 0 Å².